The van der Waals surface area contributed by atoms with Crippen molar-refractivity contribution in [3.8, 4) is 0 Å². The lowest BCUT2D eigenvalue weighted by atomic mass is 10.3. The van der Waals surface area contributed by atoms with Crippen molar-refractivity contribution >= 4 is 17.2 Å². The molecule has 0 bridgehead atoms. The molecule has 4 heteroatoms. The number of nitrogens with zero attached hydrogens (tertiary/aromatic N) is 1. The van der Waals surface area contributed by atoms with E-state index in [-0.39, 0.29) is 5.91 Å². The summed E-state index contributed by atoms with van der Waals surface area (Å²) in [5.41, 5.74) is 0. The third-order valence-corrected chi connectivity index (χ3v) is 4.06. The van der Waals surface area contributed by atoms with Crippen molar-refractivity contribution in [1.29, 1.82) is 0 Å². The van der Waals surface area contributed by atoms with Crippen molar-refractivity contribution in [1.82, 2.24) is 10.2 Å². The van der Waals surface area contributed by atoms with Gasteiger partial charge in [-0.1, -0.05) is 6.07 Å². The number of rotatable bonds is 6. The average Bonchev–Trinajstić information content (AvgIpc) is 2.99. The van der Waals surface area contributed by atoms with Gasteiger partial charge < -0.3 is 10.2 Å². The fraction of sp³-hybridized carbons (Fsp3) is 0.615. The van der Waals surface area contributed by atoms with Gasteiger partial charge in [0.25, 0.3) is 0 Å². The minimum Gasteiger partial charge on any atom is -0.356 e. The number of hydrogen-bond donors (Lipinski definition) is 1. The fourth-order valence-electron chi connectivity index (χ4n) is 2.13. The van der Waals surface area contributed by atoms with Crippen LogP contribution >= 0.6 is 11.3 Å². The van der Waals surface area contributed by atoms with E-state index < -0.39 is 0 Å². The first-order valence-corrected chi connectivity index (χ1v) is 7.24. The van der Waals surface area contributed by atoms with E-state index in [1.165, 1.54) is 30.8 Å². The second-order valence-corrected chi connectivity index (χ2v) is 5.51. The summed E-state index contributed by atoms with van der Waals surface area (Å²) in [4.78, 5) is 15.3. The Balaban J connectivity index is 1.54. The van der Waals surface area contributed by atoms with Gasteiger partial charge in [-0.3, -0.25) is 4.79 Å². The van der Waals surface area contributed by atoms with Crippen LogP contribution in [0.3, 0.4) is 0 Å². The van der Waals surface area contributed by atoms with Crippen LogP contribution in [-0.2, 0) is 11.2 Å². The van der Waals surface area contributed by atoms with E-state index in [1.54, 1.807) is 11.3 Å². The third-order valence-electron chi connectivity index (χ3n) is 3.13. The van der Waals surface area contributed by atoms with E-state index in [1.807, 2.05) is 0 Å². The smallest absolute Gasteiger partial charge is 0.221 e. The van der Waals surface area contributed by atoms with Gasteiger partial charge in [0, 0.05) is 24.4 Å². The molecule has 1 saturated heterocycles. The van der Waals surface area contributed by atoms with Crippen LogP contribution in [0.25, 0.3) is 0 Å². The molecule has 1 N–H and O–H groups in total. The van der Waals surface area contributed by atoms with Crippen LogP contribution in [0.1, 0.15) is 24.1 Å². The van der Waals surface area contributed by atoms with Gasteiger partial charge in [0.2, 0.25) is 5.91 Å². The van der Waals surface area contributed by atoms with Crippen molar-refractivity contribution in [2.75, 3.05) is 26.2 Å². The predicted molar refractivity (Wildman–Crippen MR) is 71.3 cm³/mol. The summed E-state index contributed by atoms with van der Waals surface area (Å²) in [5.74, 6) is 0.188. The molecule has 3 nitrogen and oxygen atoms in total. The van der Waals surface area contributed by atoms with Gasteiger partial charge in [-0.2, -0.15) is 0 Å². The molecule has 0 aromatic carbocycles. The Hall–Kier alpha value is -0.870. The largest absolute Gasteiger partial charge is 0.356 e. The highest BCUT2D eigenvalue weighted by molar-refractivity contribution is 7.09. The van der Waals surface area contributed by atoms with Crippen LogP contribution in [0.5, 0.6) is 0 Å². The van der Waals surface area contributed by atoms with Crippen LogP contribution in [-0.4, -0.2) is 37.0 Å². The maximum atomic E-state index is 11.6. The minimum absolute atomic E-state index is 0.188. The summed E-state index contributed by atoms with van der Waals surface area (Å²) in [6.07, 6.45) is 4.18. The Bertz CT molecular complexity index is 331. The molecule has 0 aliphatic carbocycles. The Kier molecular flexibility index (Phi) is 5.01. The zero-order chi connectivity index (χ0) is 11.9. The Labute approximate surface area is 107 Å². The minimum atomic E-state index is 0.188. The molecule has 0 saturated carbocycles. The summed E-state index contributed by atoms with van der Waals surface area (Å²) >= 11 is 1.75. The topological polar surface area (TPSA) is 32.3 Å². The first-order valence-electron chi connectivity index (χ1n) is 6.36. The first-order chi connectivity index (χ1) is 8.34. The van der Waals surface area contributed by atoms with Crippen LogP contribution < -0.4 is 5.32 Å². The lowest BCUT2D eigenvalue weighted by Crippen LogP contribution is -2.30. The summed E-state index contributed by atoms with van der Waals surface area (Å²) in [7, 11) is 0. The third kappa shape index (κ3) is 4.48. The van der Waals surface area contributed by atoms with E-state index in [2.05, 4.69) is 27.7 Å². The number of carbonyl (C=O) groups is 1. The maximum Gasteiger partial charge on any atom is 0.221 e. The number of carbonyl (C=O) groups excluding carboxylic acids is 1. The molecule has 0 spiro atoms. The molecule has 0 atom stereocenters. The summed E-state index contributed by atoms with van der Waals surface area (Å²) < 4.78 is 0. The van der Waals surface area contributed by atoms with Crippen LogP contribution in [0.15, 0.2) is 17.5 Å². The normalized spacial score (nSPS) is 16.2. The number of nitrogens with one attached hydrogen (secondary N) is 1. The zero-order valence-electron chi connectivity index (χ0n) is 10.2. The summed E-state index contributed by atoms with van der Waals surface area (Å²) in [6, 6.07) is 4.16. The van der Waals surface area contributed by atoms with Gasteiger partial charge in [0.05, 0.1) is 0 Å². The van der Waals surface area contributed by atoms with E-state index in [4.69, 9.17) is 0 Å². The standard InChI is InChI=1S/C13H20N2OS/c16-13(6-10-15-8-1-2-9-15)14-7-5-12-4-3-11-17-12/h3-4,11H,1-2,5-10H2,(H,14,16). The Morgan fingerprint density at radius 3 is 2.94 bits per heavy atom. The highest BCUT2D eigenvalue weighted by Gasteiger charge is 2.12. The molecule has 1 amide bonds. The van der Waals surface area contributed by atoms with E-state index >= 15 is 0 Å². The number of thiophene rings is 1. The molecular formula is C13H20N2OS. The highest BCUT2D eigenvalue weighted by atomic mass is 32.1. The van der Waals surface area contributed by atoms with E-state index in [9.17, 15) is 4.79 Å². The van der Waals surface area contributed by atoms with Crippen LogP contribution in [0.2, 0.25) is 0 Å². The monoisotopic (exact) mass is 252 g/mol. The van der Waals surface area contributed by atoms with Gasteiger partial charge >= 0.3 is 0 Å². The number of hydrogen-bond acceptors (Lipinski definition) is 3. The SMILES string of the molecule is O=C(CCN1CCCC1)NCCc1cccs1. The van der Waals surface area contributed by atoms with Gasteiger partial charge in [0.15, 0.2) is 0 Å². The van der Waals surface area contributed by atoms with E-state index in [0.717, 1.165) is 19.5 Å². The molecule has 94 valence electrons. The molecule has 1 aromatic rings. The maximum absolute atomic E-state index is 11.6. The quantitative estimate of drug-likeness (QED) is 0.838. The predicted octanol–water partition coefficient (Wildman–Crippen LogP) is 1.89. The molecule has 0 radical (unpaired) electrons. The average molecular weight is 252 g/mol. The second-order valence-electron chi connectivity index (χ2n) is 4.48. The Morgan fingerprint density at radius 1 is 1.41 bits per heavy atom. The van der Waals surface area contributed by atoms with Crippen molar-refractivity contribution in [3.63, 3.8) is 0 Å². The summed E-state index contributed by atoms with van der Waals surface area (Å²) in [6.45, 7) is 4.02. The second kappa shape index (κ2) is 6.77. The lowest BCUT2D eigenvalue weighted by Gasteiger charge is -2.13. The molecular weight excluding hydrogens is 232 g/mol. The van der Waals surface area contributed by atoms with Crippen LogP contribution in [0.4, 0.5) is 0 Å². The molecule has 17 heavy (non-hydrogen) atoms. The van der Waals surface area contributed by atoms with Crippen molar-refractivity contribution < 1.29 is 4.79 Å². The van der Waals surface area contributed by atoms with Crippen LogP contribution in [0, 0.1) is 0 Å². The van der Waals surface area contributed by atoms with Crippen molar-refractivity contribution in [3.05, 3.63) is 22.4 Å². The van der Waals surface area contributed by atoms with Gasteiger partial charge in [-0.15, -0.1) is 11.3 Å². The molecule has 2 rings (SSSR count). The number of amides is 1. The first kappa shape index (κ1) is 12.6. The summed E-state index contributed by atoms with van der Waals surface area (Å²) in [5, 5.41) is 5.06. The van der Waals surface area contributed by atoms with E-state index in [0.29, 0.717) is 6.42 Å². The molecule has 2 heterocycles. The molecule has 1 aliphatic rings. The van der Waals surface area contributed by atoms with Gasteiger partial charge in [0.1, 0.15) is 0 Å². The van der Waals surface area contributed by atoms with Gasteiger partial charge in [-0.05, 0) is 43.8 Å². The molecule has 0 unspecified atom stereocenters. The van der Waals surface area contributed by atoms with Gasteiger partial charge in [-0.25, -0.2) is 0 Å². The van der Waals surface area contributed by atoms with Crippen molar-refractivity contribution in [2.24, 2.45) is 0 Å². The lowest BCUT2D eigenvalue weighted by molar-refractivity contribution is -0.121. The highest BCUT2D eigenvalue weighted by Crippen LogP contribution is 2.08. The fourth-order valence-corrected chi connectivity index (χ4v) is 2.84. The molecule has 1 fully saturated rings. The molecule has 1 aliphatic heterocycles. The Morgan fingerprint density at radius 2 is 2.24 bits per heavy atom. The zero-order valence-corrected chi connectivity index (χ0v) is 11.0. The van der Waals surface area contributed by atoms with Crippen molar-refractivity contribution in [2.45, 2.75) is 25.7 Å². The number of likely N-dealkylation sites (tertiary alicyclic amines) is 1. The molecule has 1 aromatic heterocycles.